The zero-order valence-electron chi connectivity index (χ0n) is 11.0. The summed E-state index contributed by atoms with van der Waals surface area (Å²) in [5.74, 6) is 5.96. The average molecular weight is 241 g/mol. The molecule has 18 heavy (non-hydrogen) atoms. The van der Waals surface area contributed by atoms with Gasteiger partial charge in [0.25, 0.3) is 0 Å². The van der Waals surface area contributed by atoms with Gasteiger partial charge in [-0.2, -0.15) is 5.26 Å². The Balaban J connectivity index is 2.81. The fourth-order valence-electron chi connectivity index (χ4n) is 1.64. The average Bonchev–Trinajstić information content (AvgIpc) is 2.38. The van der Waals surface area contributed by atoms with E-state index in [4.69, 9.17) is 11.0 Å². The van der Waals surface area contributed by atoms with Gasteiger partial charge in [-0.3, -0.25) is 4.90 Å². The number of nitrogens with two attached hydrogens (primary N) is 1. The summed E-state index contributed by atoms with van der Waals surface area (Å²) in [5.41, 5.74) is 7.58. The van der Waals surface area contributed by atoms with Crippen molar-refractivity contribution in [2.24, 2.45) is 5.73 Å². The van der Waals surface area contributed by atoms with Gasteiger partial charge in [-0.25, -0.2) is 0 Å². The molecule has 1 rings (SSSR count). The van der Waals surface area contributed by atoms with Crippen molar-refractivity contribution in [3.63, 3.8) is 0 Å². The van der Waals surface area contributed by atoms with Crippen LogP contribution in [0, 0.1) is 23.2 Å². The molecule has 1 aromatic rings. The number of rotatable bonds is 4. The molecule has 0 heterocycles. The molecule has 0 saturated heterocycles. The first-order valence-corrected chi connectivity index (χ1v) is 6.03. The van der Waals surface area contributed by atoms with Gasteiger partial charge in [-0.1, -0.05) is 30.0 Å². The molecule has 94 valence electrons. The maximum Gasteiger partial charge on any atom is 0.0638 e. The van der Waals surface area contributed by atoms with E-state index in [-0.39, 0.29) is 6.04 Å². The second-order valence-electron chi connectivity index (χ2n) is 4.29. The van der Waals surface area contributed by atoms with Crippen molar-refractivity contribution in [1.82, 2.24) is 4.90 Å². The first kappa shape index (κ1) is 14.3. The minimum Gasteiger partial charge on any atom is -0.320 e. The monoisotopic (exact) mass is 241 g/mol. The predicted molar refractivity (Wildman–Crippen MR) is 73.5 cm³/mol. The molecule has 0 fully saturated rings. The lowest BCUT2D eigenvalue weighted by Crippen LogP contribution is -2.28. The molecule has 3 nitrogen and oxygen atoms in total. The third kappa shape index (κ3) is 4.22. The van der Waals surface area contributed by atoms with Gasteiger partial charge in [-0.15, -0.1) is 0 Å². The highest BCUT2D eigenvalue weighted by Crippen LogP contribution is 2.12. The standard InChI is InChI=1S/C15H19N3/c1-13(9-11-17)18(2)12-15-7-4-3-6-14(15)8-5-10-16/h3-4,6-7,13H,9-10,12,16H2,1-2H3. The van der Waals surface area contributed by atoms with Crippen molar-refractivity contribution < 1.29 is 0 Å². The van der Waals surface area contributed by atoms with Crippen LogP contribution in [0.1, 0.15) is 24.5 Å². The highest BCUT2D eigenvalue weighted by atomic mass is 15.1. The minimum absolute atomic E-state index is 0.241. The smallest absolute Gasteiger partial charge is 0.0638 e. The van der Waals surface area contributed by atoms with Crippen LogP contribution in [0.25, 0.3) is 0 Å². The van der Waals surface area contributed by atoms with Crippen LogP contribution in [-0.4, -0.2) is 24.5 Å². The predicted octanol–water partition coefficient (Wildman–Crippen LogP) is 1.73. The van der Waals surface area contributed by atoms with Gasteiger partial charge in [0.1, 0.15) is 0 Å². The minimum atomic E-state index is 0.241. The summed E-state index contributed by atoms with van der Waals surface area (Å²) >= 11 is 0. The summed E-state index contributed by atoms with van der Waals surface area (Å²) in [6, 6.07) is 10.5. The highest BCUT2D eigenvalue weighted by molar-refractivity contribution is 5.41. The molecule has 0 aliphatic rings. The van der Waals surface area contributed by atoms with E-state index in [1.807, 2.05) is 25.2 Å². The van der Waals surface area contributed by atoms with Crippen molar-refractivity contribution >= 4 is 0 Å². The van der Waals surface area contributed by atoms with Gasteiger partial charge in [0.15, 0.2) is 0 Å². The Bertz CT molecular complexity index is 476. The Morgan fingerprint density at radius 3 is 2.78 bits per heavy atom. The quantitative estimate of drug-likeness (QED) is 0.817. The lowest BCUT2D eigenvalue weighted by Gasteiger charge is -2.23. The Labute approximate surface area is 109 Å². The van der Waals surface area contributed by atoms with Crippen LogP contribution in [0.15, 0.2) is 24.3 Å². The topological polar surface area (TPSA) is 53.0 Å². The SMILES string of the molecule is CC(CC#N)N(C)Cc1ccccc1C#CCN. The summed E-state index contributed by atoms with van der Waals surface area (Å²) < 4.78 is 0. The normalized spacial score (nSPS) is 11.5. The van der Waals surface area contributed by atoms with Crippen molar-refractivity contribution in [2.45, 2.75) is 25.9 Å². The summed E-state index contributed by atoms with van der Waals surface area (Å²) in [6.07, 6.45) is 0.535. The molecule has 0 radical (unpaired) electrons. The third-order valence-corrected chi connectivity index (χ3v) is 2.90. The Morgan fingerprint density at radius 1 is 1.39 bits per heavy atom. The van der Waals surface area contributed by atoms with Gasteiger partial charge in [-0.05, 0) is 25.6 Å². The van der Waals surface area contributed by atoms with Crippen LogP contribution >= 0.6 is 0 Å². The lowest BCUT2D eigenvalue weighted by molar-refractivity contribution is 0.252. The van der Waals surface area contributed by atoms with E-state index in [2.05, 4.69) is 35.8 Å². The van der Waals surface area contributed by atoms with E-state index in [0.29, 0.717) is 13.0 Å². The third-order valence-electron chi connectivity index (χ3n) is 2.90. The molecule has 1 atom stereocenters. The van der Waals surface area contributed by atoms with Gasteiger partial charge in [0.2, 0.25) is 0 Å². The summed E-state index contributed by atoms with van der Waals surface area (Å²) in [5, 5.41) is 8.71. The van der Waals surface area contributed by atoms with Gasteiger partial charge < -0.3 is 5.73 Å². The van der Waals surface area contributed by atoms with Gasteiger partial charge in [0.05, 0.1) is 19.0 Å². The zero-order chi connectivity index (χ0) is 13.4. The molecule has 1 unspecified atom stereocenters. The maximum absolute atomic E-state index is 8.71. The van der Waals surface area contributed by atoms with Crippen LogP contribution < -0.4 is 5.73 Å². The fourth-order valence-corrected chi connectivity index (χ4v) is 1.64. The van der Waals surface area contributed by atoms with E-state index < -0.39 is 0 Å². The number of nitrogens with zero attached hydrogens (tertiary/aromatic N) is 2. The molecule has 0 saturated carbocycles. The van der Waals surface area contributed by atoms with Crippen LogP contribution in [0.2, 0.25) is 0 Å². The van der Waals surface area contributed by atoms with Crippen LogP contribution in [0.4, 0.5) is 0 Å². The second kappa shape index (κ2) is 7.50. The Morgan fingerprint density at radius 2 is 2.11 bits per heavy atom. The summed E-state index contributed by atoms with van der Waals surface area (Å²) in [4.78, 5) is 2.16. The van der Waals surface area contributed by atoms with Gasteiger partial charge in [0, 0.05) is 18.2 Å². The van der Waals surface area contributed by atoms with Crippen molar-refractivity contribution in [3.05, 3.63) is 35.4 Å². The first-order valence-electron chi connectivity index (χ1n) is 6.03. The van der Waals surface area contributed by atoms with E-state index in [1.165, 1.54) is 5.56 Å². The van der Waals surface area contributed by atoms with E-state index in [0.717, 1.165) is 12.1 Å². The fraction of sp³-hybridized carbons (Fsp3) is 0.400. The maximum atomic E-state index is 8.71. The van der Waals surface area contributed by atoms with Crippen LogP contribution in [-0.2, 0) is 6.54 Å². The van der Waals surface area contributed by atoms with Gasteiger partial charge >= 0.3 is 0 Å². The summed E-state index contributed by atoms with van der Waals surface area (Å²) in [6.45, 7) is 3.21. The van der Waals surface area contributed by atoms with Crippen molar-refractivity contribution in [3.8, 4) is 17.9 Å². The molecular weight excluding hydrogens is 222 g/mol. The van der Waals surface area contributed by atoms with Crippen molar-refractivity contribution in [1.29, 1.82) is 5.26 Å². The molecule has 2 N–H and O–H groups in total. The molecule has 1 aromatic carbocycles. The highest BCUT2D eigenvalue weighted by Gasteiger charge is 2.10. The summed E-state index contributed by atoms with van der Waals surface area (Å²) in [7, 11) is 2.02. The van der Waals surface area contributed by atoms with E-state index in [9.17, 15) is 0 Å². The lowest BCUT2D eigenvalue weighted by atomic mass is 10.1. The number of hydrogen-bond acceptors (Lipinski definition) is 3. The second-order valence-corrected chi connectivity index (χ2v) is 4.29. The molecule has 0 bridgehead atoms. The van der Waals surface area contributed by atoms with E-state index >= 15 is 0 Å². The van der Waals surface area contributed by atoms with Crippen molar-refractivity contribution in [2.75, 3.05) is 13.6 Å². The molecule has 0 aliphatic carbocycles. The molecule has 0 amide bonds. The molecule has 0 spiro atoms. The first-order chi connectivity index (χ1) is 8.69. The Kier molecular flexibility index (Phi) is 5.94. The van der Waals surface area contributed by atoms with Crippen LogP contribution in [0.5, 0.6) is 0 Å². The van der Waals surface area contributed by atoms with Crippen LogP contribution in [0.3, 0.4) is 0 Å². The molecule has 0 aromatic heterocycles. The molecule has 0 aliphatic heterocycles. The zero-order valence-corrected chi connectivity index (χ0v) is 11.0. The molecular formula is C15H19N3. The van der Waals surface area contributed by atoms with E-state index in [1.54, 1.807) is 0 Å². The largest absolute Gasteiger partial charge is 0.320 e. The number of nitriles is 1. The number of benzene rings is 1. The number of hydrogen-bond donors (Lipinski definition) is 1. The molecule has 3 heteroatoms. The Hall–Kier alpha value is -1.81.